The van der Waals surface area contributed by atoms with Crippen molar-refractivity contribution in [2.75, 3.05) is 51.3 Å². The van der Waals surface area contributed by atoms with E-state index in [4.69, 9.17) is 11.3 Å². The summed E-state index contributed by atoms with van der Waals surface area (Å²) in [6, 6.07) is 6.07. The molecule has 0 N–H and O–H groups in total. The highest BCUT2D eigenvalue weighted by Gasteiger charge is 2.35. The molecule has 2 atom stereocenters. The molecule has 0 unspecified atom stereocenters. The topological polar surface area (TPSA) is 79.1 Å². The first-order valence-electron chi connectivity index (χ1n) is 13.9. The average Bonchev–Trinajstić information content (AvgIpc) is 3.59. The third kappa shape index (κ3) is 5.48. The largest absolute Gasteiger partial charge is 0.462 e. The highest BCUT2D eigenvalue weighted by Crippen LogP contribution is 2.38. The van der Waals surface area contributed by atoms with E-state index in [1.54, 1.807) is 18.2 Å². The fourth-order valence-electron chi connectivity index (χ4n) is 5.83. The molecule has 222 valence electrons. The number of thiophene rings is 1. The van der Waals surface area contributed by atoms with Crippen LogP contribution in [0.2, 0.25) is 0 Å². The summed E-state index contributed by atoms with van der Waals surface area (Å²) in [4.78, 5) is 34.8. The van der Waals surface area contributed by atoms with Gasteiger partial charge in [-0.1, -0.05) is 24.8 Å². The molecule has 0 radical (unpaired) electrons. The molecule has 6 rings (SSSR count). The summed E-state index contributed by atoms with van der Waals surface area (Å²) in [6.07, 6.45) is 3.48. The summed E-state index contributed by atoms with van der Waals surface area (Å²) in [5.74, 6) is -2.32. The van der Waals surface area contributed by atoms with Gasteiger partial charge in [-0.05, 0) is 37.9 Å². The minimum Gasteiger partial charge on any atom is -0.462 e. The second-order valence-corrected chi connectivity index (χ2v) is 11.7. The first-order chi connectivity index (χ1) is 20.7. The van der Waals surface area contributed by atoms with Crippen LogP contribution in [-0.2, 0) is 4.79 Å². The average molecular weight is 608 g/mol. The zero-order valence-corrected chi connectivity index (χ0v) is 24.2. The number of anilines is 1. The Morgan fingerprint density at radius 3 is 2.81 bits per heavy atom. The molecule has 2 aliphatic heterocycles. The molecule has 0 saturated carbocycles. The summed E-state index contributed by atoms with van der Waals surface area (Å²) in [5, 5.41) is 0.569. The van der Waals surface area contributed by atoms with E-state index >= 15 is 4.39 Å². The van der Waals surface area contributed by atoms with Gasteiger partial charge >= 0.3 is 6.01 Å². The SMILES string of the molecule is [C-]#[N+]C[C@H]1CN(c2nc(OC[C@@H]3CCCN3C)nc3c(F)c(-c4cccc5cc(F)sc45)ncc23)CCN1C(=O)C(=C)F. The lowest BCUT2D eigenvalue weighted by Gasteiger charge is -2.39. The maximum atomic E-state index is 16.4. The monoisotopic (exact) mass is 607 g/mol. The van der Waals surface area contributed by atoms with Crippen molar-refractivity contribution in [3.05, 3.63) is 65.2 Å². The number of carbonyl (C=O) groups excluding carboxylic acids is 1. The Bertz CT molecular complexity index is 1770. The van der Waals surface area contributed by atoms with Gasteiger partial charge in [-0.3, -0.25) is 9.78 Å². The van der Waals surface area contributed by atoms with Crippen LogP contribution in [0.4, 0.5) is 19.0 Å². The molecular formula is C30H28F3N7O2S. The van der Waals surface area contributed by atoms with Crippen molar-refractivity contribution in [1.29, 1.82) is 0 Å². The predicted octanol–water partition coefficient (Wildman–Crippen LogP) is 5.08. The minimum atomic E-state index is -1.09. The molecule has 4 aromatic rings. The van der Waals surface area contributed by atoms with Gasteiger partial charge in [-0.25, -0.2) is 15.4 Å². The molecule has 0 spiro atoms. The minimum absolute atomic E-state index is 0.0170. The number of rotatable bonds is 7. The van der Waals surface area contributed by atoms with Gasteiger partial charge in [0.05, 0.1) is 5.39 Å². The molecule has 0 bridgehead atoms. The molecule has 1 aromatic carbocycles. The number of amides is 1. The van der Waals surface area contributed by atoms with Crippen LogP contribution in [0.5, 0.6) is 6.01 Å². The van der Waals surface area contributed by atoms with E-state index in [0.717, 1.165) is 30.7 Å². The standard InChI is InChI=1S/C30H28F3N7O2S/c1-17(31)29(41)40-11-10-39(15-20(40)13-34-2)28-22-14-35-25(21-8-4-6-18-12-23(32)43-27(18)21)24(33)26(22)36-30(37-28)42-16-19-7-5-9-38(19)3/h4,6,8,12,14,19-20H,1,5,7,9-11,13,15-16H2,3H3/t19-,20-/m0/s1. The third-order valence-corrected chi connectivity index (χ3v) is 9.04. The zero-order valence-electron chi connectivity index (χ0n) is 23.4. The molecule has 2 saturated heterocycles. The van der Waals surface area contributed by atoms with E-state index in [1.165, 1.54) is 17.2 Å². The van der Waals surface area contributed by atoms with Gasteiger partial charge in [0, 0.05) is 42.1 Å². The number of likely N-dealkylation sites (tertiary alicyclic amines) is 1. The summed E-state index contributed by atoms with van der Waals surface area (Å²) in [5.41, 5.74) is 0.446. The third-order valence-electron chi connectivity index (χ3n) is 8.07. The van der Waals surface area contributed by atoms with Crippen LogP contribution in [0, 0.1) is 17.5 Å². The first-order valence-corrected chi connectivity index (χ1v) is 14.7. The van der Waals surface area contributed by atoms with Crippen molar-refractivity contribution in [2.24, 2.45) is 0 Å². The van der Waals surface area contributed by atoms with Crippen LogP contribution in [0.15, 0.2) is 42.9 Å². The number of ether oxygens (including phenoxy) is 1. The van der Waals surface area contributed by atoms with Crippen LogP contribution in [0.25, 0.3) is 37.1 Å². The highest BCUT2D eigenvalue weighted by molar-refractivity contribution is 7.18. The van der Waals surface area contributed by atoms with E-state index in [9.17, 15) is 13.6 Å². The van der Waals surface area contributed by atoms with Gasteiger partial charge in [0.2, 0.25) is 6.54 Å². The number of fused-ring (bicyclic) bond motifs is 2. The van der Waals surface area contributed by atoms with Gasteiger partial charge in [0.1, 0.15) is 29.7 Å². The Morgan fingerprint density at radius 2 is 2.07 bits per heavy atom. The van der Waals surface area contributed by atoms with Crippen molar-refractivity contribution < 1.29 is 22.7 Å². The number of halogens is 3. The Hall–Kier alpha value is -4.28. The van der Waals surface area contributed by atoms with E-state index in [1.807, 2.05) is 11.9 Å². The Labute approximate surface area is 250 Å². The van der Waals surface area contributed by atoms with Crippen molar-refractivity contribution >= 4 is 44.1 Å². The quantitative estimate of drug-likeness (QED) is 0.214. The van der Waals surface area contributed by atoms with E-state index in [0.29, 0.717) is 33.5 Å². The fourth-order valence-corrected chi connectivity index (χ4v) is 6.73. The van der Waals surface area contributed by atoms with Gasteiger partial charge in [-0.15, -0.1) is 11.3 Å². The number of nitrogens with zero attached hydrogens (tertiary/aromatic N) is 7. The number of hydrogen-bond acceptors (Lipinski definition) is 8. The first kappa shape index (κ1) is 28.8. The van der Waals surface area contributed by atoms with E-state index < -0.39 is 23.6 Å². The van der Waals surface area contributed by atoms with E-state index in [-0.39, 0.29) is 54.6 Å². The summed E-state index contributed by atoms with van der Waals surface area (Å²) in [6.45, 7) is 12.2. The molecule has 0 aliphatic carbocycles. The smallest absolute Gasteiger partial charge is 0.319 e. The lowest BCUT2D eigenvalue weighted by atomic mass is 10.1. The molecule has 2 aliphatic rings. The zero-order chi connectivity index (χ0) is 30.2. The summed E-state index contributed by atoms with van der Waals surface area (Å²) >= 11 is 0.915. The second-order valence-electron chi connectivity index (χ2n) is 10.7. The van der Waals surface area contributed by atoms with Crippen molar-refractivity contribution in [3.8, 4) is 17.3 Å². The Kier molecular flexibility index (Phi) is 7.89. The lowest BCUT2D eigenvalue weighted by Crippen LogP contribution is -2.56. The molecule has 5 heterocycles. The lowest BCUT2D eigenvalue weighted by molar-refractivity contribution is -0.131. The van der Waals surface area contributed by atoms with Gasteiger partial charge in [0.25, 0.3) is 5.91 Å². The van der Waals surface area contributed by atoms with Gasteiger partial charge in [0.15, 0.2) is 16.8 Å². The second kappa shape index (κ2) is 11.8. The molecular weight excluding hydrogens is 579 g/mol. The summed E-state index contributed by atoms with van der Waals surface area (Å²) in [7, 11) is 2.02. The molecule has 43 heavy (non-hydrogen) atoms. The number of likely N-dealkylation sites (N-methyl/N-ethyl adjacent to an activating group) is 1. The number of benzene rings is 1. The van der Waals surface area contributed by atoms with Crippen LogP contribution in [-0.4, -0.2) is 89.1 Å². The molecule has 9 nitrogen and oxygen atoms in total. The normalized spacial score (nSPS) is 19.2. The molecule has 2 fully saturated rings. The molecule has 3 aromatic heterocycles. The van der Waals surface area contributed by atoms with Crippen LogP contribution >= 0.6 is 11.3 Å². The summed E-state index contributed by atoms with van der Waals surface area (Å²) < 4.78 is 50.9. The maximum absolute atomic E-state index is 16.4. The van der Waals surface area contributed by atoms with Crippen molar-refractivity contribution in [2.45, 2.75) is 24.9 Å². The Morgan fingerprint density at radius 1 is 1.23 bits per heavy atom. The van der Waals surface area contributed by atoms with Crippen molar-refractivity contribution in [1.82, 2.24) is 24.8 Å². The van der Waals surface area contributed by atoms with Gasteiger partial charge < -0.3 is 24.3 Å². The van der Waals surface area contributed by atoms with Crippen LogP contribution in [0.1, 0.15) is 12.8 Å². The predicted molar refractivity (Wildman–Crippen MR) is 159 cm³/mol. The van der Waals surface area contributed by atoms with Gasteiger partial charge in [-0.2, -0.15) is 14.4 Å². The van der Waals surface area contributed by atoms with Crippen LogP contribution < -0.4 is 9.64 Å². The fraction of sp³-hybridized carbons (Fsp3) is 0.367. The number of pyridine rings is 1. The number of piperazine rings is 1. The van der Waals surface area contributed by atoms with Crippen LogP contribution in [0.3, 0.4) is 0 Å². The molecule has 13 heteroatoms. The van der Waals surface area contributed by atoms with Crippen molar-refractivity contribution in [3.63, 3.8) is 0 Å². The van der Waals surface area contributed by atoms with E-state index in [2.05, 4.69) is 31.3 Å². The number of aromatic nitrogens is 3. The highest BCUT2D eigenvalue weighted by atomic mass is 32.1. The maximum Gasteiger partial charge on any atom is 0.319 e. The molecule has 1 amide bonds. The Balaban J connectivity index is 1.43. The number of carbonyl (C=O) groups is 1. The number of hydrogen-bond donors (Lipinski definition) is 0.